The molecule has 0 aliphatic heterocycles. The van der Waals surface area contributed by atoms with Crippen LogP contribution in [0.15, 0.2) is 24.8 Å². The molecule has 0 spiro atoms. The molecule has 0 atom stereocenters. The molecule has 1 fully saturated rings. The van der Waals surface area contributed by atoms with E-state index in [1.54, 1.807) is 13.0 Å². The fourth-order valence-corrected chi connectivity index (χ4v) is 3.06. The summed E-state index contributed by atoms with van der Waals surface area (Å²) < 4.78 is 10.4. The molecule has 1 aromatic heterocycles. The number of rotatable bonds is 5. The van der Waals surface area contributed by atoms with E-state index in [1.807, 2.05) is 12.1 Å². The summed E-state index contributed by atoms with van der Waals surface area (Å²) in [6.45, 7) is 6.05. The fraction of sp³-hybridized carbons (Fsp3) is 0.368. The van der Waals surface area contributed by atoms with Gasteiger partial charge in [-0.2, -0.15) is 0 Å². The molecule has 1 aliphatic carbocycles. The van der Waals surface area contributed by atoms with Gasteiger partial charge >= 0.3 is 5.97 Å². The Morgan fingerprint density at radius 1 is 1.43 bits per heavy atom. The van der Waals surface area contributed by atoms with Crippen LogP contribution in [0.5, 0.6) is 5.88 Å². The van der Waals surface area contributed by atoms with Crippen LogP contribution in [0.2, 0.25) is 0 Å². The molecule has 1 aromatic carbocycles. The van der Waals surface area contributed by atoms with Crippen LogP contribution in [-0.2, 0) is 4.74 Å². The van der Waals surface area contributed by atoms with Crippen LogP contribution < -0.4 is 4.74 Å². The van der Waals surface area contributed by atoms with Gasteiger partial charge in [0.05, 0.1) is 19.2 Å². The lowest BCUT2D eigenvalue weighted by Crippen LogP contribution is -2.11. The minimum Gasteiger partial charge on any atom is -0.480 e. The highest BCUT2D eigenvalue weighted by Gasteiger charge is 2.24. The smallest absolute Gasteiger partial charge is 0.343 e. The first-order valence-electron chi connectivity index (χ1n) is 8.00. The van der Waals surface area contributed by atoms with Gasteiger partial charge in [0.1, 0.15) is 5.56 Å². The minimum absolute atomic E-state index is 0.296. The number of aromatic nitrogens is 1. The normalized spacial score (nSPS) is 14.3. The maximum atomic E-state index is 12.1. The van der Waals surface area contributed by atoms with E-state index in [0.717, 1.165) is 16.5 Å². The Morgan fingerprint density at radius 2 is 2.22 bits per heavy atom. The highest BCUT2D eigenvalue weighted by molar-refractivity contribution is 5.98. The lowest BCUT2D eigenvalue weighted by molar-refractivity contribution is 0.0522. The average molecular weight is 311 g/mol. The number of nitrogens with zero attached hydrogens (tertiary/aromatic N) is 1. The number of benzene rings is 1. The number of esters is 1. The lowest BCUT2D eigenvalue weighted by Gasteiger charge is -2.27. The molecule has 0 saturated heterocycles. The summed E-state index contributed by atoms with van der Waals surface area (Å²) >= 11 is 0. The quantitative estimate of drug-likeness (QED) is 0.771. The molecule has 3 rings (SSSR count). The summed E-state index contributed by atoms with van der Waals surface area (Å²) in [5.74, 6) is 0.469. The van der Waals surface area contributed by atoms with Crippen LogP contribution >= 0.6 is 0 Å². The van der Waals surface area contributed by atoms with Gasteiger partial charge in [-0.25, -0.2) is 9.78 Å². The predicted molar refractivity (Wildman–Crippen MR) is 90.9 cm³/mol. The van der Waals surface area contributed by atoms with Crippen molar-refractivity contribution in [1.29, 1.82) is 0 Å². The lowest BCUT2D eigenvalue weighted by atomic mass is 9.77. The summed E-state index contributed by atoms with van der Waals surface area (Å²) in [5, 5.41) is 0.895. The second-order valence-corrected chi connectivity index (χ2v) is 5.74. The summed E-state index contributed by atoms with van der Waals surface area (Å²) in [7, 11) is 1.51. The van der Waals surface area contributed by atoms with Gasteiger partial charge in [-0.15, -0.1) is 0 Å². The average Bonchev–Trinajstić information content (AvgIpc) is 2.52. The Kier molecular flexibility index (Phi) is 4.33. The number of fused-ring (bicyclic) bond motifs is 1. The van der Waals surface area contributed by atoms with Crippen molar-refractivity contribution >= 4 is 22.9 Å². The number of methoxy groups -OCH3 is 1. The largest absolute Gasteiger partial charge is 0.480 e. The third kappa shape index (κ3) is 2.69. The van der Waals surface area contributed by atoms with Gasteiger partial charge in [-0.05, 0) is 37.3 Å². The first-order valence-corrected chi connectivity index (χ1v) is 8.00. The minimum atomic E-state index is -0.415. The highest BCUT2D eigenvalue weighted by atomic mass is 16.5. The number of carbonyl (C=O) groups is 1. The first-order chi connectivity index (χ1) is 11.2. The Labute approximate surface area is 136 Å². The molecule has 2 aromatic rings. The Morgan fingerprint density at radius 3 is 2.78 bits per heavy atom. The van der Waals surface area contributed by atoms with E-state index in [0.29, 0.717) is 24.0 Å². The van der Waals surface area contributed by atoms with Gasteiger partial charge in [-0.1, -0.05) is 31.2 Å². The molecule has 120 valence electrons. The van der Waals surface area contributed by atoms with Crippen molar-refractivity contribution in [3.63, 3.8) is 0 Å². The summed E-state index contributed by atoms with van der Waals surface area (Å²) in [6, 6.07) is 5.94. The third-order valence-corrected chi connectivity index (χ3v) is 4.46. The second kappa shape index (κ2) is 6.41. The zero-order valence-electron chi connectivity index (χ0n) is 13.6. The van der Waals surface area contributed by atoms with Crippen molar-refractivity contribution in [3.8, 4) is 5.88 Å². The van der Waals surface area contributed by atoms with Gasteiger partial charge in [0.2, 0.25) is 5.88 Å². The van der Waals surface area contributed by atoms with Crippen LogP contribution in [-0.4, -0.2) is 24.7 Å². The van der Waals surface area contributed by atoms with E-state index in [-0.39, 0.29) is 0 Å². The molecule has 0 amide bonds. The Balaban J connectivity index is 2.18. The molecule has 4 heteroatoms. The highest BCUT2D eigenvalue weighted by Crippen LogP contribution is 2.40. The molecular weight excluding hydrogens is 290 g/mol. The molecule has 23 heavy (non-hydrogen) atoms. The maximum Gasteiger partial charge on any atom is 0.343 e. The van der Waals surface area contributed by atoms with Crippen LogP contribution in [0.1, 0.15) is 53.6 Å². The second-order valence-electron chi connectivity index (χ2n) is 5.74. The van der Waals surface area contributed by atoms with Crippen LogP contribution in [0.3, 0.4) is 0 Å². The van der Waals surface area contributed by atoms with Crippen LogP contribution in [0.25, 0.3) is 17.0 Å². The molecule has 0 bridgehead atoms. The third-order valence-electron chi connectivity index (χ3n) is 4.46. The monoisotopic (exact) mass is 311 g/mol. The van der Waals surface area contributed by atoms with E-state index >= 15 is 0 Å². The predicted octanol–water partition coefficient (Wildman–Crippen LogP) is 4.33. The summed E-state index contributed by atoms with van der Waals surface area (Å²) in [5.41, 5.74) is 3.51. The van der Waals surface area contributed by atoms with Gasteiger partial charge in [0.25, 0.3) is 0 Å². The molecule has 0 unspecified atom stereocenters. The SMILES string of the molecule is C=Cc1c(C2CCC2)ccc2cc(C(=O)OCC)c(OC)nc12. The maximum absolute atomic E-state index is 12.1. The van der Waals surface area contributed by atoms with Gasteiger partial charge in [0, 0.05) is 10.9 Å². The van der Waals surface area contributed by atoms with Gasteiger partial charge in [-0.3, -0.25) is 0 Å². The van der Waals surface area contributed by atoms with Crippen molar-refractivity contribution < 1.29 is 14.3 Å². The molecule has 1 aliphatic rings. The zero-order chi connectivity index (χ0) is 16.4. The van der Waals surface area contributed by atoms with Crippen molar-refractivity contribution in [1.82, 2.24) is 4.98 Å². The van der Waals surface area contributed by atoms with Gasteiger partial charge in [0.15, 0.2) is 0 Å². The van der Waals surface area contributed by atoms with Crippen LogP contribution in [0.4, 0.5) is 0 Å². The molecule has 0 radical (unpaired) electrons. The van der Waals surface area contributed by atoms with E-state index < -0.39 is 5.97 Å². The molecule has 0 N–H and O–H groups in total. The standard InChI is InChI=1S/C19H21NO3/c1-4-14-15(12-7-6-8-12)10-9-13-11-16(19(21)23-5-2)18(22-3)20-17(13)14/h4,9-12H,1,5-8H2,2-3H3. The summed E-state index contributed by atoms with van der Waals surface area (Å²) in [4.78, 5) is 16.7. The van der Waals surface area contributed by atoms with E-state index in [4.69, 9.17) is 9.47 Å². The molecule has 1 saturated carbocycles. The zero-order valence-corrected chi connectivity index (χ0v) is 13.6. The first kappa shape index (κ1) is 15.5. The number of ether oxygens (including phenoxy) is 2. The van der Waals surface area contributed by atoms with Crippen molar-refractivity contribution in [2.45, 2.75) is 32.1 Å². The topological polar surface area (TPSA) is 48.4 Å². The molecule has 4 nitrogen and oxygen atoms in total. The van der Waals surface area contributed by atoms with Crippen LogP contribution in [0, 0.1) is 0 Å². The van der Waals surface area contributed by atoms with E-state index in [9.17, 15) is 4.79 Å². The van der Waals surface area contributed by atoms with E-state index in [2.05, 4.69) is 17.6 Å². The molecular formula is C19H21NO3. The van der Waals surface area contributed by atoms with Gasteiger partial charge < -0.3 is 9.47 Å². The number of hydrogen-bond donors (Lipinski definition) is 0. The van der Waals surface area contributed by atoms with Crippen molar-refractivity contribution in [2.75, 3.05) is 13.7 Å². The Bertz CT molecular complexity index is 763. The fourth-order valence-electron chi connectivity index (χ4n) is 3.06. The number of pyridine rings is 1. The summed E-state index contributed by atoms with van der Waals surface area (Å²) in [6.07, 6.45) is 5.55. The number of hydrogen-bond acceptors (Lipinski definition) is 4. The van der Waals surface area contributed by atoms with Crippen molar-refractivity contribution in [3.05, 3.63) is 41.5 Å². The van der Waals surface area contributed by atoms with E-state index in [1.165, 1.54) is 31.9 Å². The Hall–Kier alpha value is -2.36. The van der Waals surface area contributed by atoms with Crippen molar-refractivity contribution in [2.24, 2.45) is 0 Å². The molecule has 1 heterocycles. The number of carbonyl (C=O) groups excluding carboxylic acids is 1.